The monoisotopic (exact) mass is 280 g/mol. The zero-order chi connectivity index (χ0) is 14.4. The average Bonchev–Trinajstić information content (AvgIpc) is 2.97. The number of hydrogen-bond acceptors (Lipinski definition) is 3. The molecule has 3 heteroatoms. The number of hydrogen-bond donors (Lipinski definition) is 0. The van der Waals surface area contributed by atoms with Crippen LogP contribution in [0.2, 0.25) is 0 Å². The third-order valence-electron chi connectivity index (χ3n) is 4.02. The van der Waals surface area contributed by atoms with Gasteiger partial charge >= 0.3 is 0 Å². The molecule has 3 nitrogen and oxygen atoms in total. The molecule has 0 fully saturated rings. The lowest BCUT2D eigenvalue weighted by Crippen LogP contribution is -2.06. The fourth-order valence-corrected chi connectivity index (χ4v) is 2.98. The summed E-state index contributed by atoms with van der Waals surface area (Å²) in [5.41, 5.74) is 4.89. The number of aryl methyl sites for hydroxylation is 1. The van der Waals surface area contributed by atoms with Gasteiger partial charge in [0.1, 0.15) is 5.75 Å². The Morgan fingerprint density at radius 2 is 1.86 bits per heavy atom. The van der Waals surface area contributed by atoms with Gasteiger partial charge in [-0.3, -0.25) is 0 Å². The van der Waals surface area contributed by atoms with E-state index in [9.17, 15) is 0 Å². The third kappa shape index (κ3) is 1.81. The number of allylic oxidation sites excluding steroid dienone is 1. The van der Waals surface area contributed by atoms with Gasteiger partial charge in [0.05, 0.1) is 0 Å². The molecule has 0 aromatic heterocycles. The highest BCUT2D eigenvalue weighted by Crippen LogP contribution is 2.49. The molecule has 2 aromatic carbocycles. The Balaban J connectivity index is 1.87. The molecule has 0 saturated carbocycles. The Kier molecular flexibility index (Phi) is 2.67. The molecule has 0 saturated heterocycles. The standard InChI is InChI=1S/C18H16O3/c1-3-4-13-11(2)5-7-15-14(13)9-12-6-8-16-18(17(12)21-15)20-10-19-16/h3-8H,9-10H2,1-2H3/b4-3-. The quantitative estimate of drug-likeness (QED) is 0.659. The van der Waals surface area contributed by atoms with Gasteiger partial charge < -0.3 is 14.2 Å². The van der Waals surface area contributed by atoms with Crippen molar-refractivity contribution in [3.05, 3.63) is 52.6 Å². The van der Waals surface area contributed by atoms with Gasteiger partial charge in [0.25, 0.3) is 0 Å². The van der Waals surface area contributed by atoms with Gasteiger partial charge in [-0.1, -0.05) is 24.3 Å². The molecule has 0 unspecified atom stereocenters. The molecule has 0 spiro atoms. The fraction of sp³-hybridized carbons (Fsp3) is 0.222. The molecule has 0 atom stereocenters. The van der Waals surface area contributed by atoms with E-state index in [0.29, 0.717) is 0 Å². The van der Waals surface area contributed by atoms with Gasteiger partial charge in [0.2, 0.25) is 12.5 Å². The third-order valence-corrected chi connectivity index (χ3v) is 4.02. The second kappa shape index (κ2) is 4.55. The van der Waals surface area contributed by atoms with E-state index in [1.165, 1.54) is 16.7 Å². The number of benzene rings is 2. The van der Waals surface area contributed by atoms with Crippen LogP contribution < -0.4 is 14.2 Å². The first kappa shape index (κ1) is 12.3. The van der Waals surface area contributed by atoms with E-state index < -0.39 is 0 Å². The van der Waals surface area contributed by atoms with Crippen LogP contribution in [0.5, 0.6) is 23.0 Å². The van der Waals surface area contributed by atoms with Crippen molar-refractivity contribution in [2.75, 3.05) is 6.79 Å². The SMILES string of the molecule is C/C=C\c1c(C)ccc2c1Cc1ccc3c(c1O2)OCO3. The summed E-state index contributed by atoms with van der Waals surface area (Å²) < 4.78 is 17.1. The first-order chi connectivity index (χ1) is 10.3. The summed E-state index contributed by atoms with van der Waals surface area (Å²) in [7, 11) is 0. The van der Waals surface area contributed by atoms with Crippen molar-refractivity contribution in [2.24, 2.45) is 0 Å². The van der Waals surface area contributed by atoms with Crippen LogP contribution in [-0.2, 0) is 6.42 Å². The van der Waals surface area contributed by atoms with Gasteiger partial charge in [0, 0.05) is 17.5 Å². The number of fused-ring (bicyclic) bond motifs is 4. The van der Waals surface area contributed by atoms with E-state index in [0.717, 1.165) is 35.0 Å². The number of rotatable bonds is 1. The first-order valence-electron chi connectivity index (χ1n) is 7.12. The predicted molar refractivity (Wildman–Crippen MR) is 81.3 cm³/mol. The highest BCUT2D eigenvalue weighted by Gasteiger charge is 2.28. The topological polar surface area (TPSA) is 27.7 Å². The van der Waals surface area contributed by atoms with Crippen molar-refractivity contribution >= 4 is 6.08 Å². The maximum atomic E-state index is 6.12. The molecule has 4 rings (SSSR count). The summed E-state index contributed by atoms with van der Waals surface area (Å²) in [6.45, 7) is 4.43. The summed E-state index contributed by atoms with van der Waals surface area (Å²) in [6.07, 6.45) is 5.07. The summed E-state index contributed by atoms with van der Waals surface area (Å²) >= 11 is 0. The van der Waals surface area contributed by atoms with Crippen molar-refractivity contribution in [3.8, 4) is 23.0 Å². The van der Waals surface area contributed by atoms with Crippen molar-refractivity contribution in [3.63, 3.8) is 0 Å². The van der Waals surface area contributed by atoms with E-state index >= 15 is 0 Å². The molecule has 0 radical (unpaired) electrons. The molecule has 0 N–H and O–H groups in total. The predicted octanol–water partition coefficient (Wildman–Crippen LogP) is 4.45. The Hall–Kier alpha value is -2.42. The molecule has 2 aromatic rings. The highest BCUT2D eigenvalue weighted by molar-refractivity contribution is 5.68. The minimum atomic E-state index is 0.264. The Morgan fingerprint density at radius 3 is 2.71 bits per heavy atom. The van der Waals surface area contributed by atoms with Crippen LogP contribution in [0.15, 0.2) is 30.3 Å². The molecular formula is C18H16O3. The fourth-order valence-electron chi connectivity index (χ4n) is 2.98. The van der Waals surface area contributed by atoms with Crippen LogP contribution in [-0.4, -0.2) is 6.79 Å². The minimum absolute atomic E-state index is 0.264. The lowest BCUT2D eigenvalue weighted by atomic mass is 9.92. The van der Waals surface area contributed by atoms with Gasteiger partial charge in [-0.2, -0.15) is 0 Å². The van der Waals surface area contributed by atoms with Crippen LogP contribution in [0, 0.1) is 6.92 Å². The molecule has 21 heavy (non-hydrogen) atoms. The molecule has 2 aliphatic heterocycles. The number of ether oxygens (including phenoxy) is 3. The van der Waals surface area contributed by atoms with Crippen LogP contribution in [0.1, 0.15) is 29.2 Å². The van der Waals surface area contributed by atoms with Crippen molar-refractivity contribution in [1.82, 2.24) is 0 Å². The Bertz CT molecular complexity index is 760. The average molecular weight is 280 g/mol. The summed E-state index contributed by atoms with van der Waals surface area (Å²) in [5.74, 6) is 3.20. The first-order valence-corrected chi connectivity index (χ1v) is 7.12. The van der Waals surface area contributed by atoms with Crippen molar-refractivity contribution in [2.45, 2.75) is 20.3 Å². The van der Waals surface area contributed by atoms with Crippen LogP contribution in [0.4, 0.5) is 0 Å². The van der Waals surface area contributed by atoms with E-state index in [4.69, 9.17) is 14.2 Å². The summed E-state index contributed by atoms with van der Waals surface area (Å²) in [5, 5.41) is 0. The van der Waals surface area contributed by atoms with E-state index in [1.54, 1.807) is 0 Å². The van der Waals surface area contributed by atoms with Crippen molar-refractivity contribution < 1.29 is 14.2 Å². The zero-order valence-corrected chi connectivity index (χ0v) is 12.1. The second-order valence-electron chi connectivity index (χ2n) is 5.34. The van der Waals surface area contributed by atoms with Crippen LogP contribution in [0.25, 0.3) is 6.08 Å². The van der Waals surface area contributed by atoms with Gasteiger partial charge in [-0.25, -0.2) is 0 Å². The maximum Gasteiger partial charge on any atom is 0.231 e. The molecule has 0 aliphatic carbocycles. The van der Waals surface area contributed by atoms with E-state index in [1.807, 2.05) is 19.1 Å². The van der Waals surface area contributed by atoms with Gasteiger partial charge in [-0.05, 0) is 37.1 Å². The normalized spacial score (nSPS) is 14.8. The second-order valence-corrected chi connectivity index (χ2v) is 5.34. The largest absolute Gasteiger partial charge is 0.453 e. The lowest BCUT2D eigenvalue weighted by molar-refractivity contribution is 0.171. The molecule has 2 aliphatic rings. The lowest BCUT2D eigenvalue weighted by Gasteiger charge is -2.23. The molecule has 0 bridgehead atoms. The van der Waals surface area contributed by atoms with E-state index in [2.05, 4.69) is 31.2 Å². The van der Waals surface area contributed by atoms with E-state index in [-0.39, 0.29) is 6.79 Å². The minimum Gasteiger partial charge on any atom is -0.453 e. The summed E-state index contributed by atoms with van der Waals surface area (Å²) in [6, 6.07) is 8.16. The van der Waals surface area contributed by atoms with Crippen LogP contribution in [0.3, 0.4) is 0 Å². The highest BCUT2D eigenvalue weighted by atomic mass is 16.7. The Labute approximate surface area is 123 Å². The summed E-state index contributed by atoms with van der Waals surface area (Å²) in [4.78, 5) is 0. The smallest absolute Gasteiger partial charge is 0.231 e. The molecule has 2 heterocycles. The molecule has 106 valence electrons. The van der Waals surface area contributed by atoms with Gasteiger partial charge in [-0.15, -0.1) is 0 Å². The maximum absolute atomic E-state index is 6.12. The van der Waals surface area contributed by atoms with Crippen molar-refractivity contribution in [1.29, 1.82) is 0 Å². The van der Waals surface area contributed by atoms with Crippen LogP contribution >= 0.6 is 0 Å². The Morgan fingerprint density at radius 1 is 1.00 bits per heavy atom. The zero-order valence-electron chi connectivity index (χ0n) is 12.1. The van der Waals surface area contributed by atoms with Gasteiger partial charge in [0.15, 0.2) is 11.5 Å². The molecule has 0 amide bonds. The molecular weight excluding hydrogens is 264 g/mol.